The van der Waals surface area contributed by atoms with E-state index in [0.717, 1.165) is 36.8 Å². The van der Waals surface area contributed by atoms with Crippen molar-refractivity contribution in [1.29, 1.82) is 0 Å². The third kappa shape index (κ3) is 3.10. The fraction of sp³-hybridized carbons (Fsp3) is 0.533. The van der Waals surface area contributed by atoms with Crippen LogP contribution in [0.15, 0.2) is 24.3 Å². The third-order valence-electron chi connectivity index (χ3n) is 3.30. The number of fused-ring (bicyclic) bond motifs is 1. The molecule has 3 heteroatoms. The molecule has 2 rings (SSSR count). The van der Waals surface area contributed by atoms with Crippen molar-refractivity contribution in [1.82, 2.24) is 14.9 Å². The number of hydrogen-bond acceptors (Lipinski definition) is 2. The normalized spacial score (nSPS) is 11.6. The number of hydrogen-bond donors (Lipinski definition) is 1. The number of benzene rings is 1. The summed E-state index contributed by atoms with van der Waals surface area (Å²) in [7, 11) is 2.10. The van der Waals surface area contributed by atoms with Gasteiger partial charge < -0.3 is 9.88 Å². The van der Waals surface area contributed by atoms with E-state index in [-0.39, 0.29) is 0 Å². The molecule has 0 spiro atoms. The number of rotatable bonds is 6. The Morgan fingerprint density at radius 1 is 1.22 bits per heavy atom. The van der Waals surface area contributed by atoms with Gasteiger partial charge in [-0.2, -0.15) is 0 Å². The van der Waals surface area contributed by atoms with E-state index >= 15 is 0 Å². The van der Waals surface area contributed by atoms with Gasteiger partial charge in [-0.15, -0.1) is 0 Å². The molecule has 3 nitrogen and oxygen atoms in total. The Hall–Kier alpha value is -1.35. The molecule has 1 aromatic heterocycles. The number of aryl methyl sites for hydroxylation is 1. The van der Waals surface area contributed by atoms with Gasteiger partial charge >= 0.3 is 0 Å². The Morgan fingerprint density at radius 2 is 2.00 bits per heavy atom. The third-order valence-corrected chi connectivity index (χ3v) is 3.30. The Kier molecular flexibility index (Phi) is 4.37. The smallest absolute Gasteiger partial charge is 0.110 e. The van der Waals surface area contributed by atoms with Crippen molar-refractivity contribution in [3.05, 3.63) is 30.1 Å². The number of nitrogens with one attached hydrogen (secondary N) is 1. The summed E-state index contributed by atoms with van der Waals surface area (Å²) in [6.07, 6.45) is 2.23. The highest BCUT2D eigenvalue weighted by Crippen LogP contribution is 2.14. The molecule has 0 unspecified atom stereocenters. The zero-order chi connectivity index (χ0) is 13.0. The van der Waals surface area contributed by atoms with E-state index < -0.39 is 0 Å². The molecule has 0 radical (unpaired) electrons. The molecule has 1 heterocycles. The van der Waals surface area contributed by atoms with Crippen molar-refractivity contribution in [2.75, 3.05) is 13.1 Å². The van der Waals surface area contributed by atoms with Crippen LogP contribution in [0.25, 0.3) is 11.0 Å². The van der Waals surface area contributed by atoms with Gasteiger partial charge in [-0.3, -0.25) is 0 Å². The lowest BCUT2D eigenvalue weighted by atomic mass is 10.1. The molecule has 1 N–H and O–H groups in total. The monoisotopic (exact) mass is 245 g/mol. The molecule has 0 aliphatic rings. The van der Waals surface area contributed by atoms with Gasteiger partial charge in [-0.25, -0.2) is 4.98 Å². The lowest BCUT2D eigenvalue weighted by Crippen LogP contribution is -2.20. The van der Waals surface area contributed by atoms with Crippen LogP contribution in [0.2, 0.25) is 0 Å². The van der Waals surface area contributed by atoms with Crippen LogP contribution < -0.4 is 5.32 Å². The van der Waals surface area contributed by atoms with Crippen LogP contribution in [0.3, 0.4) is 0 Å². The zero-order valence-electron chi connectivity index (χ0n) is 11.6. The molecule has 1 aromatic carbocycles. The molecule has 0 bridgehead atoms. The second kappa shape index (κ2) is 6.01. The Bertz CT molecular complexity index is 499. The maximum Gasteiger partial charge on any atom is 0.110 e. The maximum absolute atomic E-state index is 4.67. The van der Waals surface area contributed by atoms with Gasteiger partial charge in [0.2, 0.25) is 0 Å². The molecule has 0 amide bonds. The lowest BCUT2D eigenvalue weighted by molar-refractivity contribution is 0.535. The van der Waals surface area contributed by atoms with Crippen LogP contribution in [-0.2, 0) is 13.5 Å². The Balaban J connectivity index is 1.90. The molecule has 0 saturated heterocycles. The zero-order valence-corrected chi connectivity index (χ0v) is 11.6. The molecule has 98 valence electrons. The Morgan fingerprint density at radius 3 is 2.72 bits per heavy atom. The average molecular weight is 245 g/mol. The fourth-order valence-electron chi connectivity index (χ4n) is 2.13. The highest BCUT2D eigenvalue weighted by Gasteiger charge is 2.06. The number of nitrogens with zero attached hydrogens (tertiary/aromatic N) is 2. The van der Waals surface area contributed by atoms with Crippen molar-refractivity contribution in [3.63, 3.8) is 0 Å². The van der Waals surface area contributed by atoms with Crippen molar-refractivity contribution in [2.24, 2.45) is 13.0 Å². The van der Waals surface area contributed by atoms with Crippen LogP contribution in [-0.4, -0.2) is 22.6 Å². The first-order valence-electron chi connectivity index (χ1n) is 6.79. The van der Waals surface area contributed by atoms with Gasteiger partial charge in [0.05, 0.1) is 11.0 Å². The topological polar surface area (TPSA) is 29.9 Å². The van der Waals surface area contributed by atoms with E-state index in [4.69, 9.17) is 0 Å². The number of para-hydroxylation sites is 2. The number of imidazole rings is 1. The number of aromatic nitrogens is 2. The summed E-state index contributed by atoms with van der Waals surface area (Å²) in [6, 6.07) is 8.30. The second-order valence-electron chi connectivity index (χ2n) is 5.26. The van der Waals surface area contributed by atoms with Gasteiger partial charge in [-0.05, 0) is 31.0 Å². The first-order chi connectivity index (χ1) is 8.68. The molecule has 0 fully saturated rings. The van der Waals surface area contributed by atoms with E-state index in [1.54, 1.807) is 0 Å². The standard InChI is InChI=1S/C15H23N3/c1-12(2)8-10-16-11-9-15-17-13-6-4-5-7-14(13)18(15)3/h4-7,12,16H,8-11H2,1-3H3. The molecule has 0 saturated carbocycles. The first-order valence-corrected chi connectivity index (χ1v) is 6.79. The van der Waals surface area contributed by atoms with Gasteiger partial charge in [0, 0.05) is 20.0 Å². The minimum absolute atomic E-state index is 0.772. The van der Waals surface area contributed by atoms with Gasteiger partial charge in [0.25, 0.3) is 0 Å². The molecule has 2 aromatic rings. The quantitative estimate of drug-likeness (QED) is 0.793. The van der Waals surface area contributed by atoms with Crippen molar-refractivity contribution >= 4 is 11.0 Å². The van der Waals surface area contributed by atoms with Crippen LogP contribution in [0, 0.1) is 5.92 Å². The molecule has 18 heavy (non-hydrogen) atoms. The largest absolute Gasteiger partial charge is 0.331 e. The minimum Gasteiger partial charge on any atom is -0.331 e. The fourth-order valence-corrected chi connectivity index (χ4v) is 2.13. The summed E-state index contributed by atoms with van der Waals surface area (Å²) in [5, 5.41) is 3.48. The summed E-state index contributed by atoms with van der Waals surface area (Å²) < 4.78 is 2.19. The van der Waals surface area contributed by atoms with E-state index in [0.29, 0.717) is 0 Å². The van der Waals surface area contributed by atoms with Gasteiger partial charge in [0.15, 0.2) is 0 Å². The molecule has 0 aliphatic carbocycles. The highest BCUT2D eigenvalue weighted by molar-refractivity contribution is 5.75. The maximum atomic E-state index is 4.67. The molecular weight excluding hydrogens is 222 g/mol. The summed E-state index contributed by atoms with van der Waals surface area (Å²) in [4.78, 5) is 4.67. The Labute approximate surface area is 109 Å². The average Bonchev–Trinajstić information content (AvgIpc) is 2.66. The molecule has 0 aliphatic heterocycles. The second-order valence-corrected chi connectivity index (χ2v) is 5.26. The summed E-state index contributed by atoms with van der Waals surface area (Å²) in [5.74, 6) is 1.93. The van der Waals surface area contributed by atoms with Gasteiger partial charge in [-0.1, -0.05) is 26.0 Å². The van der Waals surface area contributed by atoms with Crippen molar-refractivity contribution < 1.29 is 0 Å². The predicted octanol–water partition coefficient (Wildman–Crippen LogP) is 2.75. The molecular formula is C15H23N3. The first kappa shape index (κ1) is 13.1. The van der Waals surface area contributed by atoms with E-state index in [2.05, 4.69) is 54.0 Å². The van der Waals surface area contributed by atoms with Crippen LogP contribution in [0.1, 0.15) is 26.1 Å². The lowest BCUT2D eigenvalue weighted by Gasteiger charge is -2.06. The van der Waals surface area contributed by atoms with Crippen LogP contribution in [0.4, 0.5) is 0 Å². The van der Waals surface area contributed by atoms with Crippen molar-refractivity contribution in [2.45, 2.75) is 26.7 Å². The van der Waals surface area contributed by atoms with E-state index in [9.17, 15) is 0 Å². The summed E-state index contributed by atoms with van der Waals surface area (Å²) in [5.41, 5.74) is 2.31. The predicted molar refractivity (Wildman–Crippen MR) is 76.7 cm³/mol. The van der Waals surface area contributed by atoms with Crippen LogP contribution in [0.5, 0.6) is 0 Å². The highest BCUT2D eigenvalue weighted by atomic mass is 15.1. The van der Waals surface area contributed by atoms with Gasteiger partial charge in [0.1, 0.15) is 5.82 Å². The summed E-state index contributed by atoms with van der Waals surface area (Å²) in [6.45, 7) is 6.62. The van der Waals surface area contributed by atoms with Crippen molar-refractivity contribution in [3.8, 4) is 0 Å². The van der Waals surface area contributed by atoms with Crippen LogP contribution >= 0.6 is 0 Å². The summed E-state index contributed by atoms with van der Waals surface area (Å²) >= 11 is 0. The SMILES string of the molecule is CC(C)CCNCCc1nc2ccccc2n1C. The van der Waals surface area contributed by atoms with E-state index in [1.807, 2.05) is 6.07 Å². The van der Waals surface area contributed by atoms with E-state index in [1.165, 1.54) is 11.9 Å². The molecule has 0 atom stereocenters. The minimum atomic E-state index is 0.772.